The molecule has 0 saturated carbocycles. The molecule has 1 atom stereocenters. The van der Waals surface area contributed by atoms with Crippen molar-refractivity contribution in [2.75, 3.05) is 6.54 Å². The van der Waals surface area contributed by atoms with E-state index in [1.54, 1.807) is 0 Å². The molecule has 0 spiro atoms. The van der Waals surface area contributed by atoms with Gasteiger partial charge in [-0.15, -0.1) is 11.3 Å². The first-order chi connectivity index (χ1) is 9.45. The molecule has 0 aliphatic carbocycles. The van der Waals surface area contributed by atoms with E-state index >= 15 is 0 Å². The Labute approximate surface area is 128 Å². The molecule has 1 unspecified atom stereocenters. The van der Waals surface area contributed by atoms with Crippen molar-refractivity contribution in [3.8, 4) is 0 Å². The van der Waals surface area contributed by atoms with Gasteiger partial charge in [0.15, 0.2) is 17.5 Å². The molecule has 1 aromatic heterocycles. The minimum atomic E-state index is -1.43. The molecule has 0 fully saturated rings. The summed E-state index contributed by atoms with van der Waals surface area (Å²) in [5.74, 6) is -3.75. The summed E-state index contributed by atoms with van der Waals surface area (Å²) in [5, 5.41) is 3.11. The van der Waals surface area contributed by atoms with Gasteiger partial charge in [-0.2, -0.15) is 0 Å². The normalized spacial score (nSPS) is 12.7. The van der Waals surface area contributed by atoms with Gasteiger partial charge in [0.05, 0.1) is 9.83 Å². The monoisotopic (exact) mass is 363 g/mol. The summed E-state index contributed by atoms with van der Waals surface area (Å²) < 4.78 is 41.4. The Morgan fingerprint density at radius 1 is 1.20 bits per heavy atom. The molecule has 0 radical (unpaired) electrons. The molecule has 1 aromatic carbocycles. The Morgan fingerprint density at radius 3 is 2.45 bits per heavy atom. The molecule has 2 aromatic rings. The lowest BCUT2D eigenvalue weighted by Crippen LogP contribution is -2.23. The number of halogens is 4. The second-order valence-electron chi connectivity index (χ2n) is 4.32. The molecule has 0 aliphatic heterocycles. The third kappa shape index (κ3) is 2.92. The summed E-state index contributed by atoms with van der Waals surface area (Å²) in [7, 11) is 0. The molecule has 6 heteroatoms. The van der Waals surface area contributed by atoms with E-state index in [0.717, 1.165) is 20.3 Å². The number of aryl methyl sites for hydroxylation is 1. The van der Waals surface area contributed by atoms with Gasteiger partial charge in [0.1, 0.15) is 0 Å². The molecule has 0 aliphatic rings. The second kappa shape index (κ2) is 6.28. The van der Waals surface area contributed by atoms with Gasteiger partial charge in [-0.1, -0.05) is 13.0 Å². The SMILES string of the molecule is CCNC(c1cc(Br)sc1C)c1ccc(F)c(F)c1F. The lowest BCUT2D eigenvalue weighted by Gasteiger charge is -2.19. The van der Waals surface area contributed by atoms with Gasteiger partial charge in [-0.3, -0.25) is 0 Å². The van der Waals surface area contributed by atoms with Crippen LogP contribution in [0, 0.1) is 24.4 Å². The average molecular weight is 364 g/mol. The number of rotatable bonds is 4. The van der Waals surface area contributed by atoms with Crippen LogP contribution in [0.1, 0.15) is 29.0 Å². The van der Waals surface area contributed by atoms with Crippen molar-refractivity contribution in [2.45, 2.75) is 19.9 Å². The molecular formula is C14H13BrF3NS. The van der Waals surface area contributed by atoms with Crippen molar-refractivity contribution in [1.29, 1.82) is 0 Å². The molecule has 1 nitrogen and oxygen atoms in total. The van der Waals surface area contributed by atoms with Gasteiger partial charge in [0.25, 0.3) is 0 Å². The van der Waals surface area contributed by atoms with E-state index in [0.29, 0.717) is 6.54 Å². The third-order valence-corrected chi connectivity index (χ3v) is 4.59. The molecule has 0 amide bonds. The Bertz CT molecular complexity index is 627. The van der Waals surface area contributed by atoms with Gasteiger partial charge in [-0.05, 0) is 47.1 Å². The summed E-state index contributed by atoms with van der Waals surface area (Å²) in [4.78, 5) is 0.993. The summed E-state index contributed by atoms with van der Waals surface area (Å²) in [6, 6.07) is 3.60. The van der Waals surface area contributed by atoms with Crippen LogP contribution in [-0.2, 0) is 0 Å². The molecular weight excluding hydrogens is 351 g/mol. The minimum absolute atomic E-state index is 0.110. The predicted molar refractivity (Wildman–Crippen MR) is 78.6 cm³/mol. The Kier molecular flexibility index (Phi) is 4.88. The van der Waals surface area contributed by atoms with Crippen LogP contribution < -0.4 is 5.32 Å². The fourth-order valence-electron chi connectivity index (χ4n) is 2.10. The highest BCUT2D eigenvalue weighted by molar-refractivity contribution is 9.11. The highest BCUT2D eigenvalue weighted by Gasteiger charge is 2.24. The number of hydrogen-bond acceptors (Lipinski definition) is 2. The Balaban J connectivity index is 2.54. The fraction of sp³-hybridized carbons (Fsp3) is 0.286. The molecule has 20 heavy (non-hydrogen) atoms. The smallest absolute Gasteiger partial charge is 0.194 e. The van der Waals surface area contributed by atoms with Crippen LogP contribution >= 0.6 is 27.3 Å². The van der Waals surface area contributed by atoms with Gasteiger partial charge < -0.3 is 5.32 Å². The minimum Gasteiger partial charge on any atom is -0.306 e. The number of thiophene rings is 1. The van der Waals surface area contributed by atoms with Gasteiger partial charge >= 0.3 is 0 Å². The van der Waals surface area contributed by atoms with E-state index in [4.69, 9.17) is 0 Å². The molecule has 108 valence electrons. The van der Waals surface area contributed by atoms with Crippen molar-refractivity contribution in [1.82, 2.24) is 5.32 Å². The Morgan fingerprint density at radius 2 is 1.90 bits per heavy atom. The van der Waals surface area contributed by atoms with Crippen LogP contribution in [0.25, 0.3) is 0 Å². The van der Waals surface area contributed by atoms with Gasteiger partial charge in [0.2, 0.25) is 0 Å². The van der Waals surface area contributed by atoms with E-state index in [2.05, 4.69) is 21.2 Å². The van der Waals surface area contributed by atoms with E-state index in [1.165, 1.54) is 17.4 Å². The van der Waals surface area contributed by atoms with E-state index in [-0.39, 0.29) is 5.56 Å². The summed E-state index contributed by atoms with van der Waals surface area (Å²) >= 11 is 4.90. The van der Waals surface area contributed by atoms with Crippen molar-refractivity contribution in [3.63, 3.8) is 0 Å². The third-order valence-electron chi connectivity index (χ3n) is 3.02. The zero-order chi connectivity index (χ0) is 14.9. The maximum atomic E-state index is 14.0. The maximum absolute atomic E-state index is 14.0. The van der Waals surface area contributed by atoms with Crippen LogP contribution in [-0.4, -0.2) is 6.54 Å². The van der Waals surface area contributed by atoms with Crippen molar-refractivity contribution < 1.29 is 13.2 Å². The van der Waals surface area contributed by atoms with Crippen LogP contribution in [0.15, 0.2) is 22.0 Å². The second-order valence-corrected chi connectivity index (χ2v) is 6.95. The molecule has 2 rings (SSSR count). The predicted octanol–water partition coefficient (Wildman–Crippen LogP) is 4.94. The number of nitrogens with one attached hydrogen (secondary N) is 1. The molecule has 0 bridgehead atoms. The van der Waals surface area contributed by atoms with Crippen LogP contribution in [0.2, 0.25) is 0 Å². The Hall–Kier alpha value is -0.850. The van der Waals surface area contributed by atoms with Crippen molar-refractivity contribution in [2.24, 2.45) is 0 Å². The topological polar surface area (TPSA) is 12.0 Å². The highest BCUT2D eigenvalue weighted by Crippen LogP contribution is 2.35. The first-order valence-corrected chi connectivity index (χ1v) is 7.69. The lowest BCUT2D eigenvalue weighted by molar-refractivity contribution is 0.433. The first kappa shape index (κ1) is 15.5. The van der Waals surface area contributed by atoms with Crippen molar-refractivity contribution >= 4 is 27.3 Å². The molecule has 1 N–H and O–H groups in total. The quantitative estimate of drug-likeness (QED) is 0.759. The van der Waals surface area contributed by atoms with Gasteiger partial charge in [0, 0.05) is 10.4 Å². The van der Waals surface area contributed by atoms with E-state index in [9.17, 15) is 13.2 Å². The van der Waals surface area contributed by atoms with E-state index in [1.807, 2.05) is 19.9 Å². The average Bonchev–Trinajstić information content (AvgIpc) is 2.73. The summed E-state index contributed by atoms with van der Waals surface area (Å²) in [5.41, 5.74) is 0.966. The van der Waals surface area contributed by atoms with Gasteiger partial charge in [-0.25, -0.2) is 13.2 Å². The maximum Gasteiger partial charge on any atom is 0.194 e. The summed E-state index contributed by atoms with van der Waals surface area (Å²) in [6.45, 7) is 4.37. The number of hydrogen-bond donors (Lipinski definition) is 1. The highest BCUT2D eigenvalue weighted by atomic mass is 79.9. The van der Waals surface area contributed by atoms with E-state index < -0.39 is 23.5 Å². The van der Waals surface area contributed by atoms with Crippen LogP contribution in [0.5, 0.6) is 0 Å². The first-order valence-electron chi connectivity index (χ1n) is 6.08. The molecule has 0 saturated heterocycles. The largest absolute Gasteiger partial charge is 0.306 e. The lowest BCUT2D eigenvalue weighted by atomic mass is 9.98. The number of benzene rings is 1. The van der Waals surface area contributed by atoms with Crippen molar-refractivity contribution in [3.05, 3.63) is 55.4 Å². The zero-order valence-corrected chi connectivity index (χ0v) is 13.3. The fourth-order valence-corrected chi connectivity index (χ4v) is 3.85. The van der Waals surface area contributed by atoms with Crippen LogP contribution in [0.4, 0.5) is 13.2 Å². The van der Waals surface area contributed by atoms with Crippen LogP contribution in [0.3, 0.4) is 0 Å². The molecule has 1 heterocycles. The standard InChI is InChI=1S/C14H13BrF3NS/c1-3-19-14(9-6-11(15)20-7(9)2)8-4-5-10(16)13(18)12(8)17/h4-6,14,19H,3H2,1-2H3. The summed E-state index contributed by atoms with van der Waals surface area (Å²) in [6.07, 6.45) is 0. The zero-order valence-electron chi connectivity index (χ0n) is 10.9.